The number of ether oxygens (including phenoxy) is 1. The maximum atomic E-state index is 13.3. The number of halogens is 3. The molecule has 0 saturated heterocycles. The third kappa shape index (κ3) is 2.20. The van der Waals surface area contributed by atoms with Crippen molar-refractivity contribution < 1.29 is 23.1 Å². The average molecular weight is 279 g/mol. The predicted molar refractivity (Wildman–Crippen MR) is 50.4 cm³/mol. The third-order valence-corrected chi connectivity index (χ3v) is 2.25. The summed E-state index contributed by atoms with van der Waals surface area (Å²) >= 11 is 2.77. The van der Waals surface area contributed by atoms with Crippen LogP contribution in [0.15, 0.2) is 16.6 Å². The Labute approximate surface area is 92.2 Å². The smallest absolute Gasteiger partial charge is 0.379 e. The van der Waals surface area contributed by atoms with Crippen molar-refractivity contribution in [2.24, 2.45) is 0 Å². The van der Waals surface area contributed by atoms with Crippen LogP contribution in [0.2, 0.25) is 0 Å². The Morgan fingerprint density at radius 2 is 1.93 bits per heavy atom. The number of methoxy groups -OCH3 is 1. The van der Waals surface area contributed by atoms with E-state index in [1.165, 1.54) is 0 Å². The van der Waals surface area contributed by atoms with Gasteiger partial charge in [-0.05, 0) is 28.1 Å². The molecule has 3 nitrogen and oxygen atoms in total. The van der Waals surface area contributed by atoms with E-state index in [1.54, 1.807) is 0 Å². The number of rotatable bonds is 2. The monoisotopic (exact) mass is 278 g/mol. The highest BCUT2D eigenvalue weighted by molar-refractivity contribution is 9.10. The molecule has 0 N–H and O–H groups in total. The number of carbonyl (C=O) groups excluding carboxylic acids is 2. The van der Waals surface area contributed by atoms with Crippen molar-refractivity contribution in [3.63, 3.8) is 0 Å². The summed E-state index contributed by atoms with van der Waals surface area (Å²) in [6, 6.07) is 1.97. The van der Waals surface area contributed by atoms with Crippen LogP contribution in [0, 0.1) is 11.6 Å². The lowest BCUT2D eigenvalue weighted by Crippen LogP contribution is -2.19. The van der Waals surface area contributed by atoms with Crippen LogP contribution < -0.4 is 0 Å². The lowest BCUT2D eigenvalue weighted by atomic mass is 10.1. The van der Waals surface area contributed by atoms with Crippen LogP contribution in [0.1, 0.15) is 10.4 Å². The molecule has 0 heterocycles. The molecule has 0 aliphatic carbocycles. The second kappa shape index (κ2) is 4.48. The molecule has 0 amide bonds. The molecule has 1 aromatic carbocycles. The van der Waals surface area contributed by atoms with Gasteiger partial charge in [-0.25, -0.2) is 13.6 Å². The highest BCUT2D eigenvalue weighted by Gasteiger charge is 2.25. The minimum Gasteiger partial charge on any atom is -0.463 e. The van der Waals surface area contributed by atoms with Crippen molar-refractivity contribution in [1.82, 2.24) is 0 Å². The van der Waals surface area contributed by atoms with Crippen LogP contribution in [0.25, 0.3) is 0 Å². The molecular weight excluding hydrogens is 274 g/mol. The molecule has 0 bridgehead atoms. The molecule has 0 aliphatic rings. The number of Topliss-reactive ketones (excluding diaryl/α,β-unsaturated/α-hetero) is 1. The van der Waals surface area contributed by atoms with E-state index >= 15 is 0 Å². The third-order valence-electron chi connectivity index (χ3n) is 1.64. The number of esters is 1. The molecule has 0 fully saturated rings. The van der Waals surface area contributed by atoms with Gasteiger partial charge in [0.1, 0.15) is 11.4 Å². The van der Waals surface area contributed by atoms with Gasteiger partial charge in [0, 0.05) is 0 Å². The van der Waals surface area contributed by atoms with Crippen LogP contribution >= 0.6 is 15.9 Å². The maximum absolute atomic E-state index is 13.3. The van der Waals surface area contributed by atoms with Gasteiger partial charge in [-0.2, -0.15) is 0 Å². The Morgan fingerprint density at radius 3 is 2.47 bits per heavy atom. The van der Waals surface area contributed by atoms with Crippen molar-refractivity contribution in [2.75, 3.05) is 7.11 Å². The second-order valence-electron chi connectivity index (χ2n) is 2.54. The SMILES string of the molecule is COC(=O)C(=O)c1c(F)ccc(Br)c1F. The van der Waals surface area contributed by atoms with E-state index in [9.17, 15) is 18.4 Å². The van der Waals surface area contributed by atoms with Gasteiger partial charge >= 0.3 is 5.97 Å². The van der Waals surface area contributed by atoms with E-state index in [0.29, 0.717) is 0 Å². The molecular formula is C9H5BrF2O3. The van der Waals surface area contributed by atoms with E-state index in [1.807, 2.05) is 0 Å². The van der Waals surface area contributed by atoms with Crippen molar-refractivity contribution in [3.8, 4) is 0 Å². The Hall–Kier alpha value is -1.30. The topological polar surface area (TPSA) is 43.4 Å². The quantitative estimate of drug-likeness (QED) is 0.360. The van der Waals surface area contributed by atoms with Gasteiger partial charge in [0.25, 0.3) is 5.78 Å². The minimum absolute atomic E-state index is 0.101. The molecule has 15 heavy (non-hydrogen) atoms. The minimum atomic E-state index is -1.35. The zero-order valence-corrected chi connectivity index (χ0v) is 9.10. The molecule has 1 rings (SSSR count). The standard InChI is InChI=1S/C9H5BrF2O3/c1-15-9(14)8(13)6-5(11)3-2-4(10)7(6)12/h2-3H,1H3. The first kappa shape index (κ1) is 11.8. The Bertz CT molecular complexity index is 432. The fourth-order valence-electron chi connectivity index (χ4n) is 0.930. The molecule has 0 atom stereocenters. The second-order valence-corrected chi connectivity index (χ2v) is 3.39. The highest BCUT2D eigenvalue weighted by Crippen LogP contribution is 2.22. The molecule has 0 unspecified atom stereocenters. The number of carbonyl (C=O) groups is 2. The average Bonchev–Trinajstić information content (AvgIpc) is 2.22. The van der Waals surface area contributed by atoms with E-state index < -0.39 is 29.0 Å². The number of hydrogen-bond acceptors (Lipinski definition) is 3. The summed E-state index contributed by atoms with van der Waals surface area (Å²) in [5.74, 6) is -4.89. The highest BCUT2D eigenvalue weighted by atomic mass is 79.9. The summed E-state index contributed by atoms with van der Waals surface area (Å²) in [4.78, 5) is 22.0. The van der Waals surface area contributed by atoms with Crippen molar-refractivity contribution in [2.45, 2.75) is 0 Å². The summed E-state index contributed by atoms with van der Waals surface area (Å²) in [7, 11) is 0.952. The number of benzene rings is 1. The predicted octanol–water partition coefficient (Wildman–Crippen LogP) is 2.08. The van der Waals surface area contributed by atoms with Crippen LogP contribution in [0.3, 0.4) is 0 Å². The van der Waals surface area contributed by atoms with Gasteiger partial charge in [-0.1, -0.05) is 0 Å². The summed E-state index contributed by atoms with van der Waals surface area (Å²) in [5, 5.41) is 0. The first-order valence-corrected chi connectivity index (χ1v) is 4.54. The van der Waals surface area contributed by atoms with Crippen molar-refractivity contribution in [1.29, 1.82) is 0 Å². The Morgan fingerprint density at radius 1 is 1.33 bits per heavy atom. The lowest BCUT2D eigenvalue weighted by Gasteiger charge is -2.03. The van der Waals surface area contributed by atoms with E-state index in [4.69, 9.17) is 0 Å². The van der Waals surface area contributed by atoms with E-state index in [2.05, 4.69) is 20.7 Å². The first-order chi connectivity index (χ1) is 6.99. The first-order valence-electron chi connectivity index (χ1n) is 3.75. The molecule has 0 radical (unpaired) electrons. The van der Waals surface area contributed by atoms with Crippen LogP contribution in [0.5, 0.6) is 0 Å². The molecule has 6 heteroatoms. The van der Waals surface area contributed by atoms with E-state index in [0.717, 1.165) is 19.2 Å². The summed E-state index contributed by atoms with van der Waals surface area (Å²) < 4.78 is 30.4. The molecule has 0 aromatic heterocycles. The Balaban J connectivity index is 3.31. The van der Waals surface area contributed by atoms with Gasteiger partial charge in [0.05, 0.1) is 11.6 Å². The number of ketones is 1. The fraction of sp³-hybridized carbons (Fsp3) is 0.111. The van der Waals surface area contributed by atoms with Gasteiger partial charge in [-0.15, -0.1) is 0 Å². The summed E-state index contributed by atoms with van der Waals surface area (Å²) in [5.41, 5.74) is -0.920. The van der Waals surface area contributed by atoms with Crippen molar-refractivity contribution in [3.05, 3.63) is 33.8 Å². The molecule has 1 aromatic rings. The summed E-state index contributed by atoms with van der Waals surface area (Å²) in [6.45, 7) is 0. The van der Waals surface area contributed by atoms with Crippen LogP contribution in [-0.4, -0.2) is 18.9 Å². The number of hydrogen-bond donors (Lipinski definition) is 0. The largest absolute Gasteiger partial charge is 0.463 e. The van der Waals surface area contributed by atoms with Crippen LogP contribution in [0.4, 0.5) is 8.78 Å². The fourth-order valence-corrected chi connectivity index (χ4v) is 1.26. The molecule has 0 aliphatic heterocycles. The Kier molecular flexibility index (Phi) is 3.52. The van der Waals surface area contributed by atoms with Gasteiger partial charge in [-0.3, -0.25) is 4.79 Å². The van der Waals surface area contributed by atoms with Crippen molar-refractivity contribution >= 4 is 27.7 Å². The summed E-state index contributed by atoms with van der Waals surface area (Å²) in [6.07, 6.45) is 0. The van der Waals surface area contributed by atoms with Gasteiger partial charge < -0.3 is 4.74 Å². The molecule has 0 saturated carbocycles. The van der Waals surface area contributed by atoms with Crippen LogP contribution in [-0.2, 0) is 9.53 Å². The normalized spacial score (nSPS) is 9.87. The zero-order valence-electron chi connectivity index (χ0n) is 7.51. The van der Waals surface area contributed by atoms with Gasteiger partial charge in [0.2, 0.25) is 0 Å². The zero-order chi connectivity index (χ0) is 11.6. The maximum Gasteiger partial charge on any atom is 0.379 e. The molecule has 80 valence electrons. The van der Waals surface area contributed by atoms with Gasteiger partial charge in [0.15, 0.2) is 5.82 Å². The molecule has 0 spiro atoms. The lowest BCUT2D eigenvalue weighted by molar-refractivity contribution is -0.135. The van der Waals surface area contributed by atoms with E-state index in [-0.39, 0.29) is 4.47 Å².